The number of aliphatic hydroxyl groups excluding tert-OH is 7. The summed E-state index contributed by atoms with van der Waals surface area (Å²) in [5.41, 5.74) is 3.61. The summed E-state index contributed by atoms with van der Waals surface area (Å²) in [7, 11) is 1.81. The second kappa shape index (κ2) is 20.1. The Morgan fingerprint density at radius 1 is 0.949 bits per heavy atom. The third-order valence-electron chi connectivity index (χ3n) is 24.5. The molecule has 5 heterocycles. The number of carboxylic acid groups (broad SMARTS) is 1. The number of amides is 1. The zero-order valence-electron chi connectivity index (χ0n) is 46.5. The van der Waals surface area contributed by atoms with Crippen LogP contribution in [0.1, 0.15) is 129 Å². The molecule has 20 heteroatoms. The fourth-order valence-corrected chi connectivity index (χ4v) is 20.3. The van der Waals surface area contributed by atoms with Gasteiger partial charge in [-0.1, -0.05) is 59.1 Å². The van der Waals surface area contributed by atoms with Gasteiger partial charge in [0.1, 0.15) is 30.4 Å². The molecule has 78 heavy (non-hydrogen) atoms. The Morgan fingerprint density at radius 3 is 2.37 bits per heavy atom. The molecule has 23 atom stereocenters. The molecule has 434 valence electrons. The van der Waals surface area contributed by atoms with E-state index in [9.17, 15) is 45.6 Å². The number of anilines is 1. The van der Waals surface area contributed by atoms with Crippen molar-refractivity contribution < 1.29 is 59.9 Å². The van der Waals surface area contributed by atoms with Crippen molar-refractivity contribution in [1.29, 1.82) is 0 Å². The molecule has 0 bridgehead atoms. The molecule has 1 amide bonds. The van der Waals surface area contributed by atoms with Crippen LogP contribution in [0.5, 0.6) is 0 Å². The maximum Gasteiger partial charge on any atom is 0.310 e. The Bertz CT molecular complexity index is 2560. The zero-order chi connectivity index (χ0) is 55.7. The summed E-state index contributed by atoms with van der Waals surface area (Å²) in [5.74, 6) is -3.27. The van der Waals surface area contributed by atoms with E-state index in [0.29, 0.717) is 83.7 Å². The number of nitrogens with zero attached hydrogens (tertiary/aromatic N) is 2. The Morgan fingerprint density at radius 2 is 1.71 bits per heavy atom. The number of hydrogen-bond donors (Lipinski definition) is 14. The lowest BCUT2D eigenvalue weighted by molar-refractivity contribution is -0.341. The van der Waals surface area contributed by atoms with Crippen molar-refractivity contribution in [1.82, 2.24) is 30.6 Å². The van der Waals surface area contributed by atoms with E-state index in [1.54, 1.807) is 18.9 Å². The summed E-state index contributed by atoms with van der Waals surface area (Å²) in [6.07, 6.45) is 5.42. The summed E-state index contributed by atoms with van der Waals surface area (Å²) < 4.78 is 12.8. The number of allylic oxidation sites excluding steroid dienone is 2. The number of fused-ring (bicyclic) bond motifs is 11. The quantitative estimate of drug-likeness (QED) is 0.0735. The molecule has 2 saturated heterocycles. The molecule has 20 nitrogen and oxygen atoms in total. The minimum Gasteiger partial charge on any atom is -0.481 e. The van der Waals surface area contributed by atoms with Crippen molar-refractivity contribution in [2.75, 3.05) is 45.3 Å². The second-order valence-corrected chi connectivity index (χ2v) is 27.6. The van der Waals surface area contributed by atoms with Crippen LogP contribution >= 0.6 is 0 Å². The van der Waals surface area contributed by atoms with E-state index in [0.717, 1.165) is 35.6 Å². The number of hydrogen-bond acceptors (Lipinski definition) is 16. The minimum atomic E-state index is -1.66. The Hall–Kier alpha value is -3.54. The molecule has 0 radical (unpaired) electrons. The number of carbonyl (C=O) groups excluding carboxylic acids is 1. The number of nitrogens with two attached hydrogens (primary N) is 1. The van der Waals surface area contributed by atoms with Crippen LogP contribution in [0, 0.1) is 85.2 Å². The molecular weight excluding hydrogens is 1000 g/mol. The van der Waals surface area contributed by atoms with Gasteiger partial charge < -0.3 is 82.0 Å². The van der Waals surface area contributed by atoms with Gasteiger partial charge in [-0.3, -0.25) is 9.59 Å². The number of imidazole rings is 2. The minimum absolute atomic E-state index is 0.0341. The molecule has 0 aromatic carbocycles. The van der Waals surface area contributed by atoms with E-state index in [1.807, 2.05) is 14.0 Å². The maximum atomic E-state index is 15.2. The van der Waals surface area contributed by atoms with E-state index < -0.39 is 111 Å². The number of H-pyrrole nitrogens is 2. The Balaban J connectivity index is 1.10. The molecule has 23 unspecified atom stereocenters. The lowest BCUT2D eigenvalue weighted by atomic mass is 9.29. The number of nitrogens with one attached hydrogen (secondary N) is 5. The van der Waals surface area contributed by atoms with Gasteiger partial charge in [-0.15, -0.1) is 0 Å². The van der Waals surface area contributed by atoms with E-state index in [-0.39, 0.29) is 60.5 Å². The largest absolute Gasteiger partial charge is 0.481 e. The highest BCUT2D eigenvalue weighted by molar-refractivity contribution is 5.86. The fraction of sp³-hybridized carbons (Fsp3) is 0.828. The van der Waals surface area contributed by atoms with Crippen molar-refractivity contribution in [3.63, 3.8) is 0 Å². The van der Waals surface area contributed by atoms with Crippen LogP contribution in [-0.2, 0) is 25.5 Å². The topological polar surface area (TPSA) is 334 Å². The number of aliphatic hydroxyl groups is 7. The summed E-state index contributed by atoms with van der Waals surface area (Å²) in [4.78, 5) is 45.5. The number of rotatable bonds is 14. The molecule has 5 saturated carbocycles. The Labute approximate surface area is 457 Å². The maximum absolute atomic E-state index is 15.2. The van der Waals surface area contributed by atoms with E-state index in [1.165, 1.54) is 0 Å². The SMILES string of the molecule is CNCC(CC(c1cnc[nH]1)C1NC(=O)C2(CCCC2)C1CC1C(O)C(OC2OCC(O)C(O)C2O)C(C)(CO)C2CCC3(C)C(CC=C4C5CC(C)(CO)CCC5(C(=O)O)C5CNc6nc[nH]c6CC5C43C)C12C)C(N)O. The predicted octanol–water partition coefficient (Wildman–Crippen LogP) is 2.76. The molecule has 11 rings (SSSR count). The van der Waals surface area contributed by atoms with Crippen molar-refractivity contribution >= 4 is 17.7 Å². The number of carboxylic acids is 1. The van der Waals surface area contributed by atoms with E-state index >= 15 is 4.79 Å². The monoisotopic (exact) mass is 1090 g/mol. The molecule has 2 aromatic rings. The smallest absolute Gasteiger partial charge is 0.310 e. The number of aliphatic carboxylic acids is 1. The van der Waals surface area contributed by atoms with Gasteiger partial charge in [-0.2, -0.15) is 0 Å². The zero-order valence-corrected chi connectivity index (χ0v) is 46.5. The molecule has 6 aliphatic carbocycles. The Kier molecular flexibility index (Phi) is 14.5. The number of aromatic amines is 2. The lowest BCUT2D eigenvalue weighted by Gasteiger charge is -2.75. The average Bonchev–Trinajstić information content (AvgIpc) is 1.31. The summed E-state index contributed by atoms with van der Waals surface area (Å²) >= 11 is 0. The van der Waals surface area contributed by atoms with Gasteiger partial charge in [-0.25, -0.2) is 9.97 Å². The predicted molar refractivity (Wildman–Crippen MR) is 285 cm³/mol. The summed E-state index contributed by atoms with van der Waals surface area (Å²) in [5, 5.41) is 103. The van der Waals surface area contributed by atoms with Crippen LogP contribution in [0.25, 0.3) is 0 Å². The number of ether oxygens (including phenoxy) is 2. The third kappa shape index (κ3) is 7.97. The van der Waals surface area contributed by atoms with Gasteiger partial charge in [0, 0.05) is 54.9 Å². The highest BCUT2D eigenvalue weighted by Gasteiger charge is 2.77. The van der Waals surface area contributed by atoms with Crippen molar-refractivity contribution in [2.24, 2.45) is 91.0 Å². The molecule has 15 N–H and O–H groups in total. The first-order valence-corrected chi connectivity index (χ1v) is 29.3. The van der Waals surface area contributed by atoms with Crippen LogP contribution in [0.15, 0.2) is 30.5 Å². The summed E-state index contributed by atoms with van der Waals surface area (Å²) in [6.45, 7) is 11.2. The van der Waals surface area contributed by atoms with Gasteiger partial charge >= 0.3 is 5.97 Å². The third-order valence-corrected chi connectivity index (χ3v) is 24.5. The van der Waals surface area contributed by atoms with Gasteiger partial charge in [0.05, 0.1) is 54.6 Å². The molecule has 2 aromatic heterocycles. The van der Waals surface area contributed by atoms with E-state index in [2.05, 4.69) is 64.7 Å². The first-order valence-electron chi connectivity index (χ1n) is 29.3. The van der Waals surface area contributed by atoms with Crippen molar-refractivity contribution in [3.05, 3.63) is 41.9 Å². The standard InChI is InChI=1S/C58H90N8O12/c1-52(25-67)15-16-58(51(75)76)35(20-52)31-9-10-41-54(3,56(31,5)32-19-37-48(65-28-64-37)62-22-36(32)58)14-11-40-53(2,26-68)46(78-49-45(72)44(71)39(69)24-77-49)43(70)34(55(40,41)4)18-33-42(66-50(74)57(33)12-7-8-13-57)30(38-23-61-27-63-38)17-29(21-60-6)47(59)73/h9,23,27-30,32-36,39-47,49,60,62,67-73H,7-8,10-22,24-26,59H2,1-6H3,(H,61,63)(H,64,65)(H,66,74)(H,75,76). The lowest BCUT2D eigenvalue weighted by Crippen LogP contribution is -2.74. The van der Waals surface area contributed by atoms with Gasteiger partial charge in [-0.05, 0) is 141 Å². The first kappa shape index (κ1) is 56.3. The summed E-state index contributed by atoms with van der Waals surface area (Å²) in [6, 6.07) is -0.489. The molecule has 7 fully saturated rings. The molecule has 1 spiro atoms. The van der Waals surface area contributed by atoms with Gasteiger partial charge in [0.15, 0.2) is 6.29 Å². The molecule has 9 aliphatic rings. The second-order valence-electron chi connectivity index (χ2n) is 27.6. The van der Waals surface area contributed by atoms with E-state index in [4.69, 9.17) is 20.2 Å². The highest BCUT2D eigenvalue weighted by atomic mass is 16.7. The fourth-order valence-electron chi connectivity index (χ4n) is 20.3. The van der Waals surface area contributed by atoms with Gasteiger partial charge in [0.25, 0.3) is 0 Å². The van der Waals surface area contributed by atoms with Crippen LogP contribution in [0.2, 0.25) is 0 Å². The molecule has 3 aliphatic heterocycles. The number of aromatic nitrogens is 4. The van der Waals surface area contributed by atoms with Crippen LogP contribution in [0.3, 0.4) is 0 Å². The highest BCUT2D eigenvalue weighted by Crippen LogP contribution is 2.79. The van der Waals surface area contributed by atoms with Crippen LogP contribution in [-0.4, -0.2) is 162 Å². The first-order chi connectivity index (χ1) is 37.0. The van der Waals surface area contributed by atoms with Crippen LogP contribution in [0.4, 0.5) is 5.82 Å². The normalized spacial score (nSPS) is 46.6. The average molecular weight is 1090 g/mol. The van der Waals surface area contributed by atoms with Gasteiger partial charge in [0.2, 0.25) is 5.91 Å². The van der Waals surface area contributed by atoms with Crippen molar-refractivity contribution in [2.45, 2.75) is 173 Å². The van der Waals surface area contributed by atoms with Crippen LogP contribution < -0.4 is 21.7 Å². The van der Waals surface area contributed by atoms with Crippen molar-refractivity contribution in [3.8, 4) is 0 Å². The molecular formula is C58H90N8O12. The number of carbonyl (C=O) groups is 2.